The lowest BCUT2D eigenvalue weighted by Crippen LogP contribution is -2.31. The zero-order valence-corrected chi connectivity index (χ0v) is 23.7. The second-order valence-corrected chi connectivity index (χ2v) is 12.5. The van der Waals surface area contributed by atoms with Gasteiger partial charge in [-0.1, -0.05) is 65.4 Å². The minimum atomic E-state index is -3.75. The quantitative estimate of drug-likeness (QED) is 0.216. The normalized spacial score (nSPS) is 11.7. The summed E-state index contributed by atoms with van der Waals surface area (Å²) in [6.45, 7) is 2.37. The Kier molecular flexibility index (Phi) is 7.76. The Morgan fingerprint density at radius 3 is 2.31 bits per heavy atom. The van der Waals surface area contributed by atoms with Gasteiger partial charge < -0.3 is 0 Å². The summed E-state index contributed by atoms with van der Waals surface area (Å²) in [5.74, 6) is -0.324. The number of carbonyl (C=O) groups is 1. The van der Waals surface area contributed by atoms with Gasteiger partial charge >= 0.3 is 0 Å². The molecule has 3 aromatic carbocycles. The summed E-state index contributed by atoms with van der Waals surface area (Å²) in [5, 5.41) is 1.05. The van der Waals surface area contributed by atoms with Crippen LogP contribution in [0.2, 0.25) is 5.02 Å². The van der Waals surface area contributed by atoms with Gasteiger partial charge in [0.25, 0.3) is 5.91 Å². The molecule has 0 saturated carbocycles. The number of rotatable bonds is 8. The summed E-state index contributed by atoms with van der Waals surface area (Å²) in [6.07, 6.45) is 1.67. The predicted octanol–water partition coefficient (Wildman–Crippen LogP) is 6.32. The van der Waals surface area contributed by atoms with E-state index >= 15 is 0 Å². The van der Waals surface area contributed by atoms with Crippen LogP contribution in [0.25, 0.3) is 10.2 Å². The summed E-state index contributed by atoms with van der Waals surface area (Å²) in [5.41, 5.74) is 3.60. The first-order valence-corrected chi connectivity index (χ1v) is 14.8. The molecule has 1 amide bonds. The zero-order valence-electron chi connectivity index (χ0n) is 21.3. The zero-order chi connectivity index (χ0) is 27.6. The van der Waals surface area contributed by atoms with Gasteiger partial charge in [-0.25, -0.2) is 13.4 Å². The number of aryl methyl sites for hydroxylation is 1. The van der Waals surface area contributed by atoms with E-state index in [-0.39, 0.29) is 23.9 Å². The van der Waals surface area contributed by atoms with Gasteiger partial charge in [0.2, 0.25) is 10.0 Å². The van der Waals surface area contributed by atoms with Crippen molar-refractivity contribution < 1.29 is 13.2 Å². The van der Waals surface area contributed by atoms with Crippen molar-refractivity contribution in [2.45, 2.75) is 24.9 Å². The van der Waals surface area contributed by atoms with E-state index in [4.69, 9.17) is 16.6 Å². The average Bonchev–Trinajstić information content (AvgIpc) is 3.41. The van der Waals surface area contributed by atoms with Crippen molar-refractivity contribution in [1.29, 1.82) is 0 Å². The minimum absolute atomic E-state index is 0.108. The van der Waals surface area contributed by atoms with Gasteiger partial charge in [0.15, 0.2) is 5.13 Å². The molecule has 5 aromatic rings. The molecule has 39 heavy (non-hydrogen) atoms. The van der Waals surface area contributed by atoms with Crippen molar-refractivity contribution >= 4 is 54.2 Å². The number of amides is 1. The number of fused-ring (bicyclic) bond motifs is 1. The van der Waals surface area contributed by atoms with E-state index in [2.05, 4.69) is 4.98 Å². The van der Waals surface area contributed by atoms with Crippen LogP contribution in [0.5, 0.6) is 0 Å². The molecule has 2 heterocycles. The van der Waals surface area contributed by atoms with Crippen molar-refractivity contribution in [3.8, 4) is 0 Å². The number of hydrogen-bond donors (Lipinski definition) is 0. The number of pyridine rings is 1. The van der Waals surface area contributed by atoms with Crippen LogP contribution in [-0.2, 0) is 23.1 Å². The SMILES string of the molecule is Cc1ccc(Cl)c2sc(N(Cc3ccccn3)C(=O)c3ccc(S(=O)(=O)N(C)Cc4ccccc4)cc3)nc12. The predicted molar refractivity (Wildman–Crippen MR) is 156 cm³/mol. The molecular formula is C29H25ClN4O3S2. The Bertz CT molecular complexity index is 1690. The molecule has 7 nitrogen and oxygen atoms in total. The second-order valence-electron chi connectivity index (χ2n) is 9.02. The van der Waals surface area contributed by atoms with Gasteiger partial charge in [0, 0.05) is 25.4 Å². The van der Waals surface area contributed by atoms with E-state index in [9.17, 15) is 13.2 Å². The Morgan fingerprint density at radius 1 is 0.923 bits per heavy atom. The summed E-state index contributed by atoms with van der Waals surface area (Å²) in [4.78, 5) is 24.6. The molecular weight excluding hydrogens is 552 g/mol. The van der Waals surface area contributed by atoms with Crippen LogP contribution in [0.4, 0.5) is 5.13 Å². The number of thiazole rings is 1. The van der Waals surface area contributed by atoms with E-state index in [1.165, 1.54) is 47.0 Å². The van der Waals surface area contributed by atoms with Crippen molar-refractivity contribution in [1.82, 2.24) is 14.3 Å². The molecule has 10 heteroatoms. The molecule has 0 atom stereocenters. The van der Waals surface area contributed by atoms with Crippen LogP contribution in [0.15, 0.2) is 96.0 Å². The van der Waals surface area contributed by atoms with E-state index in [0.29, 0.717) is 21.4 Å². The van der Waals surface area contributed by atoms with Gasteiger partial charge in [0.05, 0.1) is 32.4 Å². The summed E-state index contributed by atoms with van der Waals surface area (Å²) < 4.78 is 28.4. The molecule has 0 aliphatic rings. The first-order valence-electron chi connectivity index (χ1n) is 12.1. The van der Waals surface area contributed by atoms with Crippen LogP contribution < -0.4 is 4.90 Å². The summed E-state index contributed by atoms with van der Waals surface area (Å²) in [7, 11) is -2.22. The number of sulfonamides is 1. The fourth-order valence-electron chi connectivity index (χ4n) is 4.12. The largest absolute Gasteiger partial charge is 0.278 e. The molecule has 2 aromatic heterocycles. The third kappa shape index (κ3) is 5.72. The first-order chi connectivity index (χ1) is 18.7. The average molecular weight is 577 g/mol. The van der Waals surface area contributed by atoms with Gasteiger partial charge in [0.1, 0.15) is 0 Å². The van der Waals surface area contributed by atoms with Crippen molar-refractivity contribution in [2.75, 3.05) is 11.9 Å². The second kappa shape index (κ2) is 11.2. The third-order valence-electron chi connectivity index (χ3n) is 6.27. The highest BCUT2D eigenvalue weighted by Crippen LogP contribution is 2.36. The van der Waals surface area contributed by atoms with E-state index in [1.807, 2.05) is 67.6 Å². The molecule has 0 fully saturated rings. The maximum absolute atomic E-state index is 13.8. The Morgan fingerprint density at radius 2 is 1.64 bits per heavy atom. The highest BCUT2D eigenvalue weighted by molar-refractivity contribution is 7.89. The monoisotopic (exact) mass is 576 g/mol. The van der Waals surface area contributed by atoms with E-state index < -0.39 is 10.0 Å². The highest BCUT2D eigenvalue weighted by atomic mass is 35.5. The molecule has 0 bridgehead atoms. The molecule has 0 saturated heterocycles. The first kappa shape index (κ1) is 27.0. The number of halogens is 1. The van der Waals surface area contributed by atoms with Gasteiger partial charge in [-0.3, -0.25) is 14.7 Å². The molecule has 0 aliphatic heterocycles. The molecule has 5 rings (SSSR count). The van der Waals surface area contributed by atoms with Gasteiger partial charge in [-0.05, 0) is 60.5 Å². The minimum Gasteiger partial charge on any atom is -0.278 e. The Labute approximate surface area is 236 Å². The standard InChI is InChI=1S/C29H25ClN4O3S2/c1-20-11-16-25(30)27-26(20)32-29(38-27)34(19-23-10-6-7-17-31-23)28(35)22-12-14-24(15-13-22)39(36,37)33(2)18-21-8-4-3-5-9-21/h3-17H,18-19H2,1-2H3. The van der Waals surface area contributed by atoms with Crippen LogP contribution in [0, 0.1) is 6.92 Å². The molecule has 0 radical (unpaired) electrons. The number of aromatic nitrogens is 2. The van der Waals surface area contributed by atoms with Crippen molar-refractivity contribution in [3.63, 3.8) is 0 Å². The maximum atomic E-state index is 13.8. The third-order valence-corrected chi connectivity index (χ3v) is 9.62. The number of nitrogens with zero attached hydrogens (tertiary/aromatic N) is 4. The summed E-state index contributed by atoms with van der Waals surface area (Å²) in [6, 6.07) is 24.6. The van der Waals surface area contributed by atoms with Crippen molar-refractivity contribution in [3.05, 3.63) is 119 Å². The van der Waals surface area contributed by atoms with E-state index in [1.54, 1.807) is 11.1 Å². The molecule has 198 valence electrons. The lowest BCUT2D eigenvalue weighted by atomic mass is 10.2. The summed E-state index contributed by atoms with van der Waals surface area (Å²) >= 11 is 7.77. The number of carbonyl (C=O) groups excluding carboxylic acids is 1. The fraction of sp³-hybridized carbons (Fsp3) is 0.138. The van der Waals surface area contributed by atoms with E-state index in [0.717, 1.165) is 21.3 Å². The van der Waals surface area contributed by atoms with Crippen LogP contribution >= 0.6 is 22.9 Å². The maximum Gasteiger partial charge on any atom is 0.260 e. The topological polar surface area (TPSA) is 83.5 Å². The Hall–Kier alpha value is -3.63. The number of anilines is 1. The number of hydrogen-bond acceptors (Lipinski definition) is 6. The number of benzene rings is 3. The molecule has 0 spiro atoms. The van der Waals surface area contributed by atoms with Gasteiger partial charge in [-0.15, -0.1) is 0 Å². The van der Waals surface area contributed by atoms with Crippen LogP contribution in [-0.4, -0.2) is 35.6 Å². The smallest absolute Gasteiger partial charge is 0.260 e. The van der Waals surface area contributed by atoms with Crippen LogP contribution in [0.3, 0.4) is 0 Å². The lowest BCUT2D eigenvalue weighted by molar-refractivity contribution is 0.0984. The highest BCUT2D eigenvalue weighted by Gasteiger charge is 2.25. The molecule has 0 unspecified atom stereocenters. The fourth-order valence-corrected chi connectivity index (χ4v) is 6.59. The van der Waals surface area contributed by atoms with Gasteiger partial charge in [-0.2, -0.15) is 4.31 Å². The van der Waals surface area contributed by atoms with Crippen LogP contribution in [0.1, 0.15) is 27.2 Å². The lowest BCUT2D eigenvalue weighted by Gasteiger charge is -2.20. The van der Waals surface area contributed by atoms with Crippen molar-refractivity contribution in [2.24, 2.45) is 0 Å². The molecule has 0 aliphatic carbocycles. The molecule has 0 N–H and O–H groups in total. The Balaban J connectivity index is 1.45.